The van der Waals surface area contributed by atoms with Crippen LogP contribution in [-0.4, -0.2) is 39.7 Å². The van der Waals surface area contributed by atoms with Crippen molar-refractivity contribution in [1.29, 1.82) is 0 Å². The average molecular weight is 566 g/mol. The van der Waals surface area contributed by atoms with Gasteiger partial charge < -0.3 is 20.6 Å². The van der Waals surface area contributed by atoms with Crippen LogP contribution < -0.4 is 21.3 Å². The topological polar surface area (TPSA) is 118 Å². The van der Waals surface area contributed by atoms with Crippen molar-refractivity contribution in [3.8, 4) is 5.75 Å². The second-order valence-corrected chi connectivity index (χ2v) is 11.8. The van der Waals surface area contributed by atoms with Gasteiger partial charge in [-0.05, 0) is 74.6 Å². The number of halogens is 1. The van der Waals surface area contributed by atoms with Crippen LogP contribution in [0.1, 0.15) is 67.0 Å². The maximum atomic E-state index is 12.4. The zero-order chi connectivity index (χ0) is 29.4. The van der Waals surface area contributed by atoms with E-state index in [2.05, 4.69) is 42.8 Å². The number of hydrogen-bond acceptors (Lipinski definition) is 7. The van der Waals surface area contributed by atoms with Crippen molar-refractivity contribution in [3.05, 3.63) is 81.1 Å². The Morgan fingerprint density at radius 3 is 2.67 bits per heavy atom. The van der Waals surface area contributed by atoms with E-state index in [1.54, 1.807) is 13.1 Å². The largest absolute Gasteiger partial charge is 0.486 e. The minimum absolute atomic E-state index is 0.388. The molecule has 0 saturated heterocycles. The van der Waals surface area contributed by atoms with Gasteiger partial charge in [0.1, 0.15) is 11.4 Å². The van der Waals surface area contributed by atoms with Crippen LogP contribution in [0.4, 0.5) is 11.4 Å². The molecule has 9 heteroatoms. The summed E-state index contributed by atoms with van der Waals surface area (Å²) in [7, 11) is 0. The summed E-state index contributed by atoms with van der Waals surface area (Å²) in [6.07, 6.45) is 3.61. The van der Waals surface area contributed by atoms with E-state index in [0.29, 0.717) is 36.0 Å². The van der Waals surface area contributed by atoms with Gasteiger partial charge in [0.15, 0.2) is 0 Å². The van der Waals surface area contributed by atoms with E-state index in [-0.39, 0.29) is 5.60 Å². The fourth-order valence-electron chi connectivity index (χ4n) is 5.63. The Labute approximate surface area is 241 Å². The monoisotopic (exact) mass is 565 g/mol. The molecule has 2 heterocycles. The molecular formula is C31H40ClN5O3. The number of nitrogens with two attached hydrogens (primary N) is 2. The first-order valence-corrected chi connectivity index (χ1v) is 14.0. The van der Waals surface area contributed by atoms with Gasteiger partial charge in [0.25, 0.3) is 0 Å². The molecule has 0 amide bonds. The Kier molecular flexibility index (Phi) is 8.63. The predicted octanol–water partition coefficient (Wildman–Crippen LogP) is 5.66. The zero-order valence-corrected chi connectivity index (χ0v) is 24.9. The highest BCUT2D eigenvalue weighted by atomic mass is 35.5. The second-order valence-electron chi connectivity index (χ2n) is 11.4. The number of carboxylic acid groups (broad SMARTS) is 1. The van der Waals surface area contributed by atoms with Gasteiger partial charge in [-0.1, -0.05) is 36.7 Å². The number of aryl methyl sites for hydroxylation is 1. The van der Waals surface area contributed by atoms with Gasteiger partial charge in [-0.25, -0.2) is 5.84 Å². The first kappa shape index (κ1) is 29.6. The number of benzene rings is 2. The Balaban J connectivity index is 1.77. The lowest BCUT2D eigenvalue weighted by molar-refractivity contribution is -0.141. The molecule has 2 aromatic carbocycles. The minimum atomic E-state index is -0.894. The van der Waals surface area contributed by atoms with Gasteiger partial charge >= 0.3 is 5.97 Å². The molecule has 0 spiro atoms. The molecule has 214 valence electrons. The molecule has 1 aliphatic heterocycles. The number of fused-ring (bicyclic) bond motifs is 1. The number of aliphatic carboxylic acids is 1. The Morgan fingerprint density at radius 2 is 2.00 bits per heavy atom. The van der Waals surface area contributed by atoms with Gasteiger partial charge in [0, 0.05) is 50.1 Å². The molecule has 5 N–H and O–H groups in total. The number of carboxylic acids is 1. The molecule has 8 nitrogen and oxygen atoms in total. The van der Waals surface area contributed by atoms with Crippen molar-refractivity contribution in [3.63, 3.8) is 0 Å². The standard InChI is InChI=1S/C31H40ClN5O3/c1-7-37(34)29-25(32)13-24(19(3)28(29)33)27(20(4)30(38)39)21-9-8-18(2)22(12-21)15-36-16-23-14-35-11-10-26(23)40-31(5,6)17-36/h8-14,20,27H,7,15-17,33-34H2,1-6H3,(H,38,39). The van der Waals surface area contributed by atoms with Crippen LogP contribution in [0.2, 0.25) is 5.02 Å². The van der Waals surface area contributed by atoms with Crippen LogP contribution in [0.15, 0.2) is 42.7 Å². The molecule has 0 radical (unpaired) electrons. The molecule has 3 aromatic rings. The van der Waals surface area contributed by atoms with E-state index in [1.165, 1.54) is 5.01 Å². The number of nitrogens with zero attached hydrogens (tertiary/aromatic N) is 3. The van der Waals surface area contributed by atoms with Gasteiger partial charge in [-0.15, -0.1) is 0 Å². The maximum Gasteiger partial charge on any atom is 0.307 e. The summed E-state index contributed by atoms with van der Waals surface area (Å²) in [6.45, 7) is 14.4. The number of carbonyl (C=O) groups is 1. The minimum Gasteiger partial charge on any atom is -0.486 e. The molecule has 40 heavy (non-hydrogen) atoms. The second kappa shape index (κ2) is 11.6. The number of hydrazine groups is 1. The summed E-state index contributed by atoms with van der Waals surface area (Å²) in [4.78, 5) is 19.0. The SMILES string of the molecule is CCN(N)c1c(Cl)cc(C(c2ccc(C)c(CN3Cc4cnccc4OC(C)(C)C3)c2)C(C)C(=O)O)c(C)c1N. The van der Waals surface area contributed by atoms with E-state index in [4.69, 9.17) is 27.9 Å². The molecule has 2 atom stereocenters. The summed E-state index contributed by atoms with van der Waals surface area (Å²) in [5, 5.41) is 12.0. The van der Waals surface area contributed by atoms with Crippen LogP contribution in [0, 0.1) is 19.8 Å². The lowest BCUT2D eigenvalue weighted by atomic mass is 9.78. The summed E-state index contributed by atoms with van der Waals surface area (Å²) in [5.74, 6) is 4.93. The van der Waals surface area contributed by atoms with Crippen LogP contribution in [0.25, 0.3) is 0 Å². The summed E-state index contributed by atoms with van der Waals surface area (Å²) in [5.41, 5.74) is 12.9. The van der Waals surface area contributed by atoms with E-state index in [9.17, 15) is 9.90 Å². The maximum absolute atomic E-state index is 12.4. The molecule has 0 fully saturated rings. The fraction of sp³-hybridized carbons (Fsp3) is 0.419. The van der Waals surface area contributed by atoms with E-state index in [0.717, 1.165) is 45.7 Å². The predicted molar refractivity (Wildman–Crippen MR) is 161 cm³/mol. The van der Waals surface area contributed by atoms with Crippen LogP contribution in [-0.2, 0) is 17.9 Å². The average Bonchev–Trinajstić information content (AvgIpc) is 3.02. The number of ether oxygens (including phenoxy) is 1. The Bertz CT molecular complexity index is 1410. The number of rotatable bonds is 8. The quantitative estimate of drug-likeness (QED) is 0.182. The number of aromatic nitrogens is 1. The third kappa shape index (κ3) is 6.04. The Hall–Kier alpha value is -3.33. The fourth-order valence-corrected chi connectivity index (χ4v) is 5.96. The number of anilines is 2. The third-order valence-corrected chi connectivity index (χ3v) is 8.11. The number of nitrogen functional groups attached to an aromatic ring is 1. The first-order chi connectivity index (χ1) is 18.8. The van der Waals surface area contributed by atoms with Crippen LogP contribution in [0.3, 0.4) is 0 Å². The zero-order valence-electron chi connectivity index (χ0n) is 24.2. The highest BCUT2D eigenvalue weighted by Gasteiger charge is 2.32. The molecule has 0 aliphatic carbocycles. The van der Waals surface area contributed by atoms with Crippen molar-refractivity contribution >= 4 is 28.9 Å². The summed E-state index contributed by atoms with van der Waals surface area (Å²) in [6, 6.07) is 9.94. The molecule has 0 saturated carbocycles. The van der Waals surface area contributed by atoms with Crippen molar-refractivity contribution in [1.82, 2.24) is 9.88 Å². The molecule has 0 bridgehead atoms. The molecule has 1 aliphatic rings. The van der Waals surface area contributed by atoms with Crippen molar-refractivity contribution in [2.24, 2.45) is 11.8 Å². The lowest BCUT2D eigenvalue weighted by Gasteiger charge is -2.31. The molecule has 1 aromatic heterocycles. The smallest absolute Gasteiger partial charge is 0.307 e. The molecule has 2 unspecified atom stereocenters. The van der Waals surface area contributed by atoms with Gasteiger partial charge in [-0.2, -0.15) is 0 Å². The van der Waals surface area contributed by atoms with E-state index in [1.807, 2.05) is 38.2 Å². The van der Waals surface area contributed by atoms with Crippen LogP contribution >= 0.6 is 11.6 Å². The summed E-state index contributed by atoms with van der Waals surface area (Å²) < 4.78 is 6.31. The lowest BCUT2D eigenvalue weighted by Crippen LogP contribution is -2.40. The Morgan fingerprint density at radius 1 is 1.27 bits per heavy atom. The molecular weight excluding hydrogens is 526 g/mol. The van der Waals surface area contributed by atoms with E-state index >= 15 is 0 Å². The van der Waals surface area contributed by atoms with Crippen molar-refractivity contribution in [2.45, 2.75) is 66.2 Å². The first-order valence-electron chi connectivity index (χ1n) is 13.6. The summed E-state index contributed by atoms with van der Waals surface area (Å²) >= 11 is 6.69. The van der Waals surface area contributed by atoms with Gasteiger partial charge in [-0.3, -0.25) is 14.7 Å². The molecule has 4 rings (SSSR count). The van der Waals surface area contributed by atoms with Gasteiger partial charge in [0.2, 0.25) is 0 Å². The van der Waals surface area contributed by atoms with Crippen molar-refractivity contribution < 1.29 is 14.6 Å². The third-order valence-electron chi connectivity index (χ3n) is 7.82. The number of pyridine rings is 1. The van der Waals surface area contributed by atoms with Gasteiger partial charge in [0.05, 0.1) is 22.3 Å². The van der Waals surface area contributed by atoms with E-state index < -0.39 is 17.8 Å². The number of hydrogen-bond donors (Lipinski definition) is 3. The highest BCUT2D eigenvalue weighted by Crippen LogP contribution is 2.43. The highest BCUT2D eigenvalue weighted by molar-refractivity contribution is 6.34. The van der Waals surface area contributed by atoms with Crippen molar-refractivity contribution in [2.75, 3.05) is 23.8 Å². The normalized spacial score (nSPS) is 16.4. The van der Waals surface area contributed by atoms with Crippen LogP contribution in [0.5, 0.6) is 5.75 Å².